The molecule has 122 valence electrons. The highest BCUT2D eigenvalue weighted by Crippen LogP contribution is 2.30. The van der Waals surface area contributed by atoms with Gasteiger partial charge in [-0.15, -0.1) is 0 Å². The number of carbonyl (C=O) groups is 2. The minimum Gasteiger partial charge on any atom is -0.444 e. The Kier molecular flexibility index (Phi) is 5.22. The lowest BCUT2D eigenvalue weighted by Crippen LogP contribution is -2.37. The van der Waals surface area contributed by atoms with Crippen LogP contribution in [-0.4, -0.2) is 17.5 Å². The van der Waals surface area contributed by atoms with Crippen molar-refractivity contribution in [3.63, 3.8) is 0 Å². The average Bonchev–Trinajstić information content (AvgIpc) is 2.32. The van der Waals surface area contributed by atoms with Crippen LogP contribution in [0.25, 0.3) is 0 Å². The third-order valence-electron chi connectivity index (χ3n) is 2.64. The van der Waals surface area contributed by atoms with E-state index in [1.54, 1.807) is 20.8 Å². The molecule has 1 amide bonds. The molecule has 1 aromatic rings. The summed E-state index contributed by atoms with van der Waals surface area (Å²) >= 11 is 0. The molecule has 22 heavy (non-hydrogen) atoms. The predicted molar refractivity (Wildman–Crippen MR) is 74.2 cm³/mol. The molecule has 0 fully saturated rings. The molecule has 0 heterocycles. The van der Waals surface area contributed by atoms with Crippen molar-refractivity contribution in [3.05, 3.63) is 35.4 Å². The highest BCUT2D eigenvalue weighted by atomic mass is 19.4. The van der Waals surface area contributed by atoms with Crippen LogP contribution in [-0.2, 0) is 15.7 Å². The van der Waals surface area contributed by atoms with Crippen LogP contribution in [0, 0.1) is 0 Å². The van der Waals surface area contributed by atoms with Gasteiger partial charge in [0.25, 0.3) is 0 Å². The van der Waals surface area contributed by atoms with Crippen molar-refractivity contribution < 1.29 is 27.5 Å². The molecule has 0 saturated carbocycles. The molecule has 1 rings (SSSR count). The lowest BCUT2D eigenvalue weighted by atomic mass is 10.0. The minimum absolute atomic E-state index is 0.256. The summed E-state index contributed by atoms with van der Waals surface area (Å²) in [5.74, 6) is -0.411. The van der Waals surface area contributed by atoms with E-state index in [-0.39, 0.29) is 5.56 Å². The van der Waals surface area contributed by atoms with Crippen LogP contribution in [0.15, 0.2) is 24.3 Å². The summed E-state index contributed by atoms with van der Waals surface area (Å²) in [6.45, 7) is 6.22. The number of hydrogen-bond acceptors (Lipinski definition) is 3. The van der Waals surface area contributed by atoms with Crippen molar-refractivity contribution >= 4 is 11.9 Å². The van der Waals surface area contributed by atoms with E-state index < -0.39 is 35.3 Å². The van der Waals surface area contributed by atoms with Crippen molar-refractivity contribution in [3.8, 4) is 0 Å². The number of halogens is 3. The lowest BCUT2D eigenvalue weighted by molar-refractivity contribution is -0.137. The second-order valence-corrected chi connectivity index (χ2v) is 5.81. The zero-order valence-electron chi connectivity index (χ0n) is 12.7. The summed E-state index contributed by atoms with van der Waals surface area (Å²) in [5.41, 5.74) is -1.31. The second kappa shape index (κ2) is 6.37. The normalized spacial score (nSPS) is 13.4. The molecule has 0 spiro atoms. The van der Waals surface area contributed by atoms with E-state index in [0.29, 0.717) is 0 Å². The van der Waals surface area contributed by atoms with Crippen LogP contribution < -0.4 is 5.32 Å². The Morgan fingerprint density at radius 2 is 1.59 bits per heavy atom. The Hall–Kier alpha value is -2.05. The van der Waals surface area contributed by atoms with Gasteiger partial charge < -0.3 is 10.1 Å². The summed E-state index contributed by atoms with van der Waals surface area (Å²) in [5, 5.41) is 2.36. The fraction of sp³-hybridized carbons (Fsp3) is 0.467. The standard InChI is InChI=1S/C15H18F3NO3/c1-9(20)12(19-13(21)22-14(2,3)4)10-5-7-11(8-6-10)15(16,17)18/h5-8,12H,1-4H3,(H,19,21)/t12-/m1/s1. The van der Waals surface area contributed by atoms with E-state index >= 15 is 0 Å². The molecular formula is C15H18F3NO3. The van der Waals surface area contributed by atoms with Gasteiger partial charge in [-0.25, -0.2) is 4.79 Å². The van der Waals surface area contributed by atoms with Gasteiger partial charge in [-0.2, -0.15) is 13.2 Å². The summed E-state index contributed by atoms with van der Waals surface area (Å²) in [4.78, 5) is 23.3. The van der Waals surface area contributed by atoms with Crippen LogP contribution in [0.2, 0.25) is 0 Å². The number of Topliss-reactive ketones (excluding diaryl/α,β-unsaturated/α-hetero) is 1. The van der Waals surface area contributed by atoms with Gasteiger partial charge in [-0.3, -0.25) is 4.79 Å². The Morgan fingerprint density at radius 1 is 1.09 bits per heavy atom. The number of amides is 1. The molecule has 1 N–H and O–H groups in total. The van der Waals surface area contributed by atoms with E-state index in [2.05, 4.69) is 5.32 Å². The van der Waals surface area contributed by atoms with E-state index in [0.717, 1.165) is 24.3 Å². The number of ketones is 1. The van der Waals surface area contributed by atoms with Crippen molar-refractivity contribution in [2.24, 2.45) is 0 Å². The van der Waals surface area contributed by atoms with Crippen LogP contribution in [0.1, 0.15) is 44.9 Å². The number of ether oxygens (including phenoxy) is 1. The first-order valence-corrected chi connectivity index (χ1v) is 6.57. The number of alkyl carbamates (subject to hydrolysis) is 1. The second-order valence-electron chi connectivity index (χ2n) is 5.81. The van der Waals surface area contributed by atoms with Crippen LogP contribution in [0.3, 0.4) is 0 Å². The van der Waals surface area contributed by atoms with Crippen LogP contribution in [0.5, 0.6) is 0 Å². The first-order valence-electron chi connectivity index (χ1n) is 6.57. The molecule has 4 nitrogen and oxygen atoms in total. The van der Waals surface area contributed by atoms with Crippen molar-refractivity contribution in [2.75, 3.05) is 0 Å². The first kappa shape index (κ1) is 18.0. The zero-order chi connectivity index (χ0) is 17.1. The largest absolute Gasteiger partial charge is 0.444 e. The summed E-state index contributed by atoms with van der Waals surface area (Å²) < 4.78 is 42.6. The number of carbonyl (C=O) groups excluding carboxylic acids is 2. The fourth-order valence-corrected chi connectivity index (χ4v) is 1.71. The summed E-state index contributed by atoms with van der Waals surface area (Å²) in [6.07, 6.45) is -5.27. The SMILES string of the molecule is CC(=O)[C@@H](NC(=O)OC(C)(C)C)c1ccc(C(F)(F)F)cc1. The number of benzene rings is 1. The van der Waals surface area contributed by atoms with Gasteiger partial charge >= 0.3 is 12.3 Å². The summed E-state index contributed by atoms with van der Waals surface area (Å²) in [6, 6.07) is 2.99. The number of hydrogen-bond donors (Lipinski definition) is 1. The fourth-order valence-electron chi connectivity index (χ4n) is 1.71. The maximum Gasteiger partial charge on any atom is 0.416 e. The Morgan fingerprint density at radius 3 is 1.95 bits per heavy atom. The van der Waals surface area contributed by atoms with Crippen LogP contribution in [0.4, 0.5) is 18.0 Å². The van der Waals surface area contributed by atoms with Crippen LogP contribution >= 0.6 is 0 Å². The highest BCUT2D eigenvalue weighted by Gasteiger charge is 2.31. The topological polar surface area (TPSA) is 55.4 Å². The molecular weight excluding hydrogens is 299 g/mol. The maximum absolute atomic E-state index is 12.5. The average molecular weight is 317 g/mol. The number of nitrogens with one attached hydrogen (secondary N) is 1. The Bertz CT molecular complexity index is 545. The quantitative estimate of drug-likeness (QED) is 0.921. The molecule has 1 atom stereocenters. The van der Waals surface area contributed by atoms with Gasteiger partial charge in [0.15, 0.2) is 5.78 Å². The third-order valence-corrected chi connectivity index (χ3v) is 2.64. The monoisotopic (exact) mass is 317 g/mol. The number of rotatable bonds is 3. The zero-order valence-corrected chi connectivity index (χ0v) is 12.7. The molecule has 0 unspecified atom stereocenters. The van der Waals surface area contributed by atoms with E-state index in [9.17, 15) is 22.8 Å². The Balaban J connectivity index is 2.93. The molecule has 7 heteroatoms. The molecule has 0 aliphatic rings. The van der Waals surface area contributed by atoms with E-state index in [1.165, 1.54) is 6.92 Å². The predicted octanol–water partition coefficient (Wildman–Crippen LogP) is 3.86. The highest BCUT2D eigenvalue weighted by molar-refractivity contribution is 5.86. The van der Waals surface area contributed by atoms with Gasteiger partial charge in [0.05, 0.1) is 5.56 Å². The third kappa shape index (κ3) is 5.38. The molecule has 0 saturated heterocycles. The van der Waals surface area contributed by atoms with E-state index in [4.69, 9.17) is 4.74 Å². The lowest BCUT2D eigenvalue weighted by Gasteiger charge is -2.23. The smallest absolute Gasteiger partial charge is 0.416 e. The van der Waals surface area contributed by atoms with E-state index in [1.807, 2.05) is 0 Å². The summed E-state index contributed by atoms with van der Waals surface area (Å²) in [7, 11) is 0. The van der Waals surface area contributed by atoms with Gasteiger partial charge in [-0.05, 0) is 45.4 Å². The number of alkyl halides is 3. The molecule has 0 radical (unpaired) electrons. The van der Waals surface area contributed by atoms with Gasteiger partial charge in [0.2, 0.25) is 0 Å². The first-order chi connectivity index (χ1) is 9.90. The maximum atomic E-state index is 12.5. The molecule has 0 aromatic heterocycles. The molecule has 0 aliphatic carbocycles. The van der Waals surface area contributed by atoms with Crippen molar-refractivity contribution in [2.45, 2.75) is 45.5 Å². The van der Waals surface area contributed by atoms with Gasteiger partial charge in [0.1, 0.15) is 11.6 Å². The van der Waals surface area contributed by atoms with Gasteiger partial charge in [-0.1, -0.05) is 12.1 Å². The molecule has 0 aliphatic heterocycles. The van der Waals surface area contributed by atoms with Crippen molar-refractivity contribution in [1.29, 1.82) is 0 Å². The minimum atomic E-state index is -4.46. The van der Waals surface area contributed by atoms with Gasteiger partial charge in [0, 0.05) is 0 Å². The van der Waals surface area contributed by atoms with Crippen molar-refractivity contribution in [1.82, 2.24) is 5.32 Å². The Labute approximate surface area is 126 Å². The molecule has 0 bridgehead atoms. The molecule has 1 aromatic carbocycles.